The van der Waals surface area contributed by atoms with Crippen molar-refractivity contribution in [1.29, 1.82) is 0 Å². The fraction of sp³-hybridized carbons (Fsp3) is 0.333. The molecule has 0 heterocycles. The lowest BCUT2D eigenvalue weighted by Gasteiger charge is -2.08. The average Bonchev–Trinajstić information content (AvgIpc) is 3.53. The van der Waals surface area contributed by atoms with Crippen LogP contribution in [0, 0.1) is 0 Å². The van der Waals surface area contributed by atoms with Crippen LogP contribution in [0.4, 0.5) is 0 Å². The molecule has 8 heteroatoms. The predicted octanol–water partition coefficient (Wildman–Crippen LogP) is 1.49. The third-order valence-electron chi connectivity index (χ3n) is 4.55. The Morgan fingerprint density at radius 1 is 0.862 bits per heavy atom. The Kier molecular flexibility index (Phi) is 7.00. The molecular formula is C21H25N3O4S. The number of aryl methyl sites for hydroxylation is 1. The normalized spacial score (nSPS) is 13.7. The molecular weight excluding hydrogens is 390 g/mol. The minimum absolute atomic E-state index is 0.0632. The quantitative estimate of drug-likeness (QED) is 0.547. The maximum atomic E-state index is 12.1. The molecule has 154 valence electrons. The molecule has 7 nitrogen and oxygen atoms in total. The highest BCUT2D eigenvalue weighted by Gasteiger charge is 2.27. The molecule has 2 amide bonds. The number of rotatable bonds is 10. The smallest absolute Gasteiger partial charge is 0.240 e. The topological polar surface area (TPSA) is 104 Å². The molecule has 2 aromatic carbocycles. The molecule has 0 spiro atoms. The lowest BCUT2D eigenvalue weighted by Crippen LogP contribution is -2.36. The summed E-state index contributed by atoms with van der Waals surface area (Å²) in [7, 11) is -3.46. The molecule has 0 saturated heterocycles. The first-order valence-corrected chi connectivity index (χ1v) is 11.1. The number of hydrogen-bond donors (Lipinski definition) is 3. The molecule has 0 aromatic heterocycles. The van der Waals surface area contributed by atoms with Crippen molar-refractivity contribution in [1.82, 2.24) is 15.4 Å². The van der Waals surface area contributed by atoms with Crippen molar-refractivity contribution >= 4 is 21.8 Å². The van der Waals surface area contributed by atoms with E-state index in [2.05, 4.69) is 15.4 Å². The summed E-state index contributed by atoms with van der Waals surface area (Å²) in [4.78, 5) is 24.0. The summed E-state index contributed by atoms with van der Waals surface area (Å²) in [6.07, 6.45) is 2.46. The standard InChI is InChI=1S/C21H25N3O4S/c25-20(23-15-21(26)22-14-17-4-2-1-3-5-17)13-8-16-6-11-19(12-7-16)29(27,28)24-18-9-10-18/h1-7,11-12,18,24H,8-10,13-15H2,(H,22,26)(H,23,25). The second-order valence-corrected chi connectivity index (χ2v) is 8.79. The van der Waals surface area contributed by atoms with Gasteiger partial charge in [0, 0.05) is 19.0 Å². The van der Waals surface area contributed by atoms with Crippen LogP contribution in [0.3, 0.4) is 0 Å². The molecule has 1 aliphatic rings. The summed E-state index contributed by atoms with van der Waals surface area (Å²) < 4.78 is 26.9. The highest BCUT2D eigenvalue weighted by atomic mass is 32.2. The molecule has 0 aliphatic heterocycles. The molecule has 0 bridgehead atoms. The summed E-state index contributed by atoms with van der Waals surface area (Å²) in [5, 5.41) is 5.35. The molecule has 2 aromatic rings. The Morgan fingerprint density at radius 2 is 1.55 bits per heavy atom. The highest BCUT2D eigenvalue weighted by Crippen LogP contribution is 2.22. The van der Waals surface area contributed by atoms with Gasteiger partial charge in [0.2, 0.25) is 21.8 Å². The van der Waals surface area contributed by atoms with Crippen LogP contribution in [0.1, 0.15) is 30.4 Å². The van der Waals surface area contributed by atoms with Crippen molar-refractivity contribution in [3.8, 4) is 0 Å². The summed E-state index contributed by atoms with van der Waals surface area (Å²) in [5.41, 5.74) is 1.85. The Balaban J connectivity index is 1.37. The van der Waals surface area contributed by atoms with Crippen LogP contribution in [0.5, 0.6) is 0 Å². The van der Waals surface area contributed by atoms with Crippen molar-refractivity contribution in [2.24, 2.45) is 0 Å². The fourth-order valence-corrected chi connectivity index (χ4v) is 4.01. The molecule has 0 atom stereocenters. The van der Waals surface area contributed by atoms with Gasteiger partial charge in [-0.15, -0.1) is 0 Å². The number of carbonyl (C=O) groups is 2. The number of nitrogens with one attached hydrogen (secondary N) is 3. The third-order valence-corrected chi connectivity index (χ3v) is 6.09. The molecule has 29 heavy (non-hydrogen) atoms. The van der Waals surface area contributed by atoms with Gasteiger partial charge in [-0.3, -0.25) is 9.59 Å². The number of benzene rings is 2. The van der Waals surface area contributed by atoms with Gasteiger partial charge in [-0.05, 0) is 42.5 Å². The minimum Gasteiger partial charge on any atom is -0.350 e. The van der Waals surface area contributed by atoms with E-state index in [0.717, 1.165) is 24.0 Å². The first-order valence-electron chi connectivity index (χ1n) is 9.61. The molecule has 1 fully saturated rings. The van der Waals surface area contributed by atoms with E-state index in [0.29, 0.717) is 13.0 Å². The van der Waals surface area contributed by atoms with Crippen molar-refractivity contribution in [2.75, 3.05) is 6.54 Å². The van der Waals surface area contributed by atoms with Gasteiger partial charge in [-0.25, -0.2) is 13.1 Å². The molecule has 3 rings (SSSR count). The summed E-state index contributed by atoms with van der Waals surface area (Å²) in [5.74, 6) is -0.480. The third kappa shape index (κ3) is 6.99. The van der Waals surface area contributed by atoms with Crippen LogP contribution < -0.4 is 15.4 Å². The van der Waals surface area contributed by atoms with Crippen molar-refractivity contribution in [2.45, 2.75) is 43.2 Å². The zero-order chi connectivity index (χ0) is 20.7. The van der Waals surface area contributed by atoms with Gasteiger partial charge >= 0.3 is 0 Å². The minimum atomic E-state index is -3.46. The van der Waals surface area contributed by atoms with Gasteiger partial charge in [0.1, 0.15) is 0 Å². The average molecular weight is 416 g/mol. The maximum absolute atomic E-state index is 12.1. The van der Waals surface area contributed by atoms with Gasteiger partial charge in [0.05, 0.1) is 11.4 Å². The van der Waals surface area contributed by atoms with Crippen LogP contribution in [-0.4, -0.2) is 32.8 Å². The van der Waals surface area contributed by atoms with Gasteiger partial charge in [0.15, 0.2) is 0 Å². The van der Waals surface area contributed by atoms with Gasteiger partial charge in [-0.2, -0.15) is 0 Å². The van der Waals surface area contributed by atoms with Crippen molar-refractivity contribution < 1.29 is 18.0 Å². The Hall–Kier alpha value is -2.71. The molecule has 3 N–H and O–H groups in total. The second kappa shape index (κ2) is 9.67. The second-order valence-electron chi connectivity index (χ2n) is 7.08. The Bertz CT molecular complexity index is 940. The van der Waals surface area contributed by atoms with E-state index in [1.54, 1.807) is 24.3 Å². The lowest BCUT2D eigenvalue weighted by atomic mass is 10.1. The van der Waals surface area contributed by atoms with Crippen molar-refractivity contribution in [3.63, 3.8) is 0 Å². The molecule has 1 aliphatic carbocycles. The lowest BCUT2D eigenvalue weighted by molar-refractivity contribution is -0.126. The number of carbonyl (C=O) groups excluding carboxylic acids is 2. The van der Waals surface area contributed by atoms with E-state index in [1.807, 2.05) is 30.3 Å². The highest BCUT2D eigenvalue weighted by molar-refractivity contribution is 7.89. The van der Waals surface area contributed by atoms with E-state index in [-0.39, 0.29) is 35.7 Å². The first kappa shape index (κ1) is 21.0. The maximum Gasteiger partial charge on any atom is 0.240 e. The Morgan fingerprint density at radius 3 is 2.21 bits per heavy atom. The van der Waals surface area contributed by atoms with E-state index >= 15 is 0 Å². The zero-order valence-electron chi connectivity index (χ0n) is 16.1. The SMILES string of the molecule is O=C(CCc1ccc(S(=O)(=O)NC2CC2)cc1)NCC(=O)NCc1ccccc1. The number of amides is 2. The number of hydrogen-bond acceptors (Lipinski definition) is 4. The van der Waals surface area contributed by atoms with E-state index in [9.17, 15) is 18.0 Å². The van der Waals surface area contributed by atoms with Gasteiger partial charge in [-0.1, -0.05) is 42.5 Å². The summed E-state index contributed by atoms with van der Waals surface area (Å²) in [6.45, 7) is 0.343. The predicted molar refractivity (Wildman–Crippen MR) is 109 cm³/mol. The first-order chi connectivity index (χ1) is 13.9. The monoisotopic (exact) mass is 415 g/mol. The van der Waals surface area contributed by atoms with Crippen LogP contribution in [-0.2, 0) is 32.6 Å². The summed E-state index contributed by atoms with van der Waals surface area (Å²) >= 11 is 0. The zero-order valence-corrected chi connectivity index (χ0v) is 16.9. The van der Waals surface area contributed by atoms with E-state index < -0.39 is 10.0 Å². The van der Waals surface area contributed by atoms with Crippen LogP contribution in [0.2, 0.25) is 0 Å². The molecule has 0 radical (unpaired) electrons. The Labute approximate surface area is 171 Å². The summed E-state index contributed by atoms with van der Waals surface area (Å²) in [6, 6.07) is 16.1. The van der Waals surface area contributed by atoms with E-state index in [1.165, 1.54) is 0 Å². The van der Waals surface area contributed by atoms with Crippen LogP contribution >= 0.6 is 0 Å². The number of sulfonamides is 1. The van der Waals surface area contributed by atoms with Gasteiger partial charge < -0.3 is 10.6 Å². The molecule has 1 saturated carbocycles. The fourth-order valence-electron chi connectivity index (χ4n) is 2.71. The largest absolute Gasteiger partial charge is 0.350 e. The van der Waals surface area contributed by atoms with Crippen molar-refractivity contribution in [3.05, 3.63) is 65.7 Å². The van der Waals surface area contributed by atoms with Gasteiger partial charge in [0.25, 0.3) is 0 Å². The van der Waals surface area contributed by atoms with Crippen LogP contribution in [0.15, 0.2) is 59.5 Å². The van der Waals surface area contributed by atoms with Crippen LogP contribution in [0.25, 0.3) is 0 Å². The van der Waals surface area contributed by atoms with E-state index in [4.69, 9.17) is 0 Å². The molecule has 0 unspecified atom stereocenters.